The summed E-state index contributed by atoms with van der Waals surface area (Å²) < 4.78 is 0. The van der Waals surface area contributed by atoms with Crippen LogP contribution in [-0.2, 0) is 9.59 Å². The van der Waals surface area contributed by atoms with Crippen molar-refractivity contribution in [2.45, 2.75) is 26.7 Å². The largest absolute Gasteiger partial charge is 1.00 e. The zero-order valence-electron chi connectivity index (χ0n) is 8.23. The van der Waals surface area contributed by atoms with Crippen molar-refractivity contribution in [1.29, 1.82) is 0 Å². The van der Waals surface area contributed by atoms with Gasteiger partial charge in [0.2, 0.25) is 11.8 Å². The topological polar surface area (TPSA) is 46.2 Å². The van der Waals surface area contributed by atoms with Crippen molar-refractivity contribution in [1.82, 2.24) is 5.32 Å². The molecule has 3 nitrogen and oxygen atoms in total. The van der Waals surface area contributed by atoms with E-state index in [9.17, 15) is 9.59 Å². The van der Waals surface area contributed by atoms with Crippen molar-refractivity contribution in [3.8, 4) is 0 Å². The molecule has 0 aliphatic carbocycles. The normalized spacial score (nSPS) is 29.6. The standard InChI is InChI=1S/C7H11NO2.K.H/c1-3-7(2)4-5(9)8-6(7)10;;/h3-4H2,1-2H3,(H,8,9,10);;/q;+1;-1. The van der Waals surface area contributed by atoms with E-state index in [1.807, 2.05) is 13.8 Å². The van der Waals surface area contributed by atoms with Gasteiger partial charge in [-0.1, -0.05) is 13.8 Å². The molecule has 2 amide bonds. The monoisotopic (exact) mass is 181 g/mol. The van der Waals surface area contributed by atoms with E-state index in [1.54, 1.807) is 0 Å². The molecule has 1 saturated heterocycles. The molecule has 1 aliphatic rings. The Bertz CT molecular complexity index is 198. The fraction of sp³-hybridized carbons (Fsp3) is 0.714. The molecule has 0 aromatic carbocycles. The van der Waals surface area contributed by atoms with Gasteiger partial charge >= 0.3 is 51.4 Å². The van der Waals surface area contributed by atoms with Gasteiger partial charge in [0.1, 0.15) is 0 Å². The maximum absolute atomic E-state index is 11.0. The van der Waals surface area contributed by atoms with Gasteiger partial charge in [-0.25, -0.2) is 0 Å². The molecule has 1 atom stereocenters. The smallest absolute Gasteiger partial charge is 1.00 e. The summed E-state index contributed by atoms with van der Waals surface area (Å²) in [7, 11) is 0. The molecule has 1 unspecified atom stereocenters. The second kappa shape index (κ2) is 4.14. The van der Waals surface area contributed by atoms with Gasteiger partial charge in [-0.3, -0.25) is 14.9 Å². The number of carbonyl (C=O) groups excluding carboxylic acids is 2. The summed E-state index contributed by atoms with van der Waals surface area (Å²) in [6.45, 7) is 3.73. The van der Waals surface area contributed by atoms with Crippen molar-refractivity contribution in [2.75, 3.05) is 0 Å². The number of amides is 2. The average molecular weight is 181 g/mol. The molecule has 11 heavy (non-hydrogen) atoms. The Morgan fingerprint density at radius 3 is 2.36 bits per heavy atom. The summed E-state index contributed by atoms with van der Waals surface area (Å²) in [5.41, 5.74) is -0.433. The van der Waals surface area contributed by atoms with Crippen molar-refractivity contribution in [2.24, 2.45) is 5.41 Å². The predicted molar refractivity (Wildman–Crippen MR) is 37.3 cm³/mol. The molecule has 0 spiro atoms. The Morgan fingerprint density at radius 2 is 2.18 bits per heavy atom. The Hall–Kier alpha value is 0.776. The van der Waals surface area contributed by atoms with Crippen LogP contribution in [0, 0.1) is 5.41 Å². The summed E-state index contributed by atoms with van der Waals surface area (Å²) in [4.78, 5) is 21.7. The first-order valence-electron chi connectivity index (χ1n) is 3.43. The maximum atomic E-state index is 11.0. The third-order valence-corrected chi connectivity index (χ3v) is 2.13. The van der Waals surface area contributed by atoms with Crippen LogP contribution in [0.1, 0.15) is 28.1 Å². The van der Waals surface area contributed by atoms with Crippen LogP contribution in [0.15, 0.2) is 0 Å². The second-order valence-corrected chi connectivity index (χ2v) is 2.97. The van der Waals surface area contributed by atoms with Gasteiger partial charge in [0.15, 0.2) is 0 Å². The van der Waals surface area contributed by atoms with E-state index < -0.39 is 5.41 Å². The number of rotatable bonds is 1. The van der Waals surface area contributed by atoms with Gasteiger partial charge in [0.25, 0.3) is 0 Å². The molecule has 0 aromatic heterocycles. The van der Waals surface area contributed by atoms with E-state index in [-0.39, 0.29) is 64.6 Å². The van der Waals surface area contributed by atoms with Crippen LogP contribution in [0.2, 0.25) is 0 Å². The fourth-order valence-electron chi connectivity index (χ4n) is 1.04. The van der Waals surface area contributed by atoms with Crippen molar-refractivity contribution < 1.29 is 62.4 Å². The number of carbonyl (C=O) groups is 2. The Labute approximate surface area is 110 Å². The Morgan fingerprint density at radius 1 is 1.64 bits per heavy atom. The predicted octanol–water partition coefficient (Wildman–Crippen LogP) is -2.43. The molecule has 0 saturated carbocycles. The molecule has 0 bridgehead atoms. The summed E-state index contributed by atoms with van der Waals surface area (Å²) in [6, 6.07) is 0. The molecule has 1 heterocycles. The Kier molecular flexibility index (Phi) is 4.43. The first kappa shape index (κ1) is 11.8. The first-order chi connectivity index (χ1) is 4.58. The molecule has 1 fully saturated rings. The van der Waals surface area contributed by atoms with Crippen LogP contribution in [0.5, 0.6) is 0 Å². The summed E-state index contributed by atoms with van der Waals surface area (Å²) in [5.74, 6) is -0.269. The van der Waals surface area contributed by atoms with Crippen LogP contribution in [-0.4, -0.2) is 11.8 Å². The van der Waals surface area contributed by atoms with Crippen molar-refractivity contribution in [3.05, 3.63) is 0 Å². The number of nitrogens with one attached hydrogen (secondary N) is 1. The number of imide groups is 1. The van der Waals surface area contributed by atoms with Crippen LogP contribution >= 0.6 is 0 Å². The molecule has 1 aliphatic heterocycles. The van der Waals surface area contributed by atoms with E-state index >= 15 is 0 Å². The Balaban J connectivity index is 0. The summed E-state index contributed by atoms with van der Waals surface area (Å²) >= 11 is 0. The van der Waals surface area contributed by atoms with Gasteiger partial charge < -0.3 is 1.43 Å². The molecular formula is C7H12KNO2. The summed E-state index contributed by atoms with van der Waals surface area (Å²) in [5, 5.41) is 2.28. The minimum atomic E-state index is -0.433. The van der Waals surface area contributed by atoms with Crippen LogP contribution < -0.4 is 56.7 Å². The van der Waals surface area contributed by atoms with Crippen LogP contribution in [0.4, 0.5) is 0 Å². The van der Waals surface area contributed by atoms with Crippen LogP contribution in [0.25, 0.3) is 0 Å². The van der Waals surface area contributed by atoms with Gasteiger partial charge in [-0.2, -0.15) is 0 Å². The molecular weight excluding hydrogens is 169 g/mol. The third-order valence-electron chi connectivity index (χ3n) is 2.13. The first-order valence-corrected chi connectivity index (χ1v) is 3.43. The van der Waals surface area contributed by atoms with E-state index in [0.29, 0.717) is 6.42 Å². The minimum absolute atomic E-state index is 0. The van der Waals surface area contributed by atoms with E-state index in [2.05, 4.69) is 5.32 Å². The third kappa shape index (κ3) is 2.35. The zero-order chi connectivity index (χ0) is 7.78. The van der Waals surface area contributed by atoms with E-state index in [0.717, 1.165) is 6.42 Å². The molecule has 1 rings (SSSR count). The minimum Gasteiger partial charge on any atom is -1.00 e. The van der Waals surface area contributed by atoms with Gasteiger partial charge in [0.05, 0.1) is 5.41 Å². The maximum Gasteiger partial charge on any atom is 1.00 e. The average Bonchev–Trinajstić information content (AvgIpc) is 2.09. The second-order valence-electron chi connectivity index (χ2n) is 2.97. The van der Waals surface area contributed by atoms with Crippen molar-refractivity contribution in [3.63, 3.8) is 0 Å². The molecule has 0 aromatic rings. The van der Waals surface area contributed by atoms with Gasteiger partial charge in [-0.05, 0) is 6.42 Å². The molecule has 4 heteroatoms. The van der Waals surface area contributed by atoms with Gasteiger partial charge in [0, 0.05) is 6.42 Å². The molecule has 1 N–H and O–H groups in total. The zero-order valence-corrected chi connectivity index (χ0v) is 10.4. The van der Waals surface area contributed by atoms with Crippen molar-refractivity contribution >= 4 is 11.8 Å². The van der Waals surface area contributed by atoms with Crippen LogP contribution in [0.3, 0.4) is 0 Å². The van der Waals surface area contributed by atoms with E-state index in [4.69, 9.17) is 0 Å². The quantitative estimate of drug-likeness (QED) is 0.361. The number of hydrogen-bond donors (Lipinski definition) is 1. The van der Waals surface area contributed by atoms with E-state index in [1.165, 1.54) is 0 Å². The molecule has 0 radical (unpaired) electrons. The SMILES string of the molecule is CCC1(C)CC(=O)NC1=O.[H-].[K+]. The number of hydrogen-bond acceptors (Lipinski definition) is 2. The fourth-order valence-corrected chi connectivity index (χ4v) is 1.04. The van der Waals surface area contributed by atoms with Gasteiger partial charge in [-0.15, -0.1) is 0 Å². The molecule has 58 valence electrons. The summed E-state index contributed by atoms with van der Waals surface area (Å²) in [6.07, 6.45) is 1.08.